The smallest absolute Gasteiger partial charge is 0.258 e. The van der Waals surface area contributed by atoms with E-state index in [1.54, 1.807) is 29.2 Å². The Morgan fingerprint density at radius 3 is 2.41 bits per heavy atom. The number of H-pyrrole nitrogens is 1. The minimum Gasteiger partial charge on any atom is -0.357 e. The highest BCUT2D eigenvalue weighted by atomic mass is 35.5. The number of para-hydroxylation sites is 2. The quantitative estimate of drug-likeness (QED) is 0.251. The Hall–Kier alpha value is -4.16. The zero-order chi connectivity index (χ0) is 26.8. The minimum atomic E-state index is -0.0766. The first-order chi connectivity index (χ1) is 19.0. The molecule has 0 spiro atoms. The van der Waals surface area contributed by atoms with E-state index in [9.17, 15) is 4.79 Å². The molecule has 0 radical (unpaired) electrons. The molecule has 0 atom stereocenters. The summed E-state index contributed by atoms with van der Waals surface area (Å²) >= 11 is 6.05. The van der Waals surface area contributed by atoms with E-state index < -0.39 is 0 Å². The van der Waals surface area contributed by atoms with Gasteiger partial charge < -0.3 is 14.8 Å². The molecular weight excluding hydrogens is 506 g/mol. The summed E-state index contributed by atoms with van der Waals surface area (Å²) in [6.07, 6.45) is 3.94. The summed E-state index contributed by atoms with van der Waals surface area (Å²) in [6.45, 7) is 4.32. The van der Waals surface area contributed by atoms with Gasteiger partial charge in [-0.15, -0.1) is 0 Å². The number of nitrogens with one attached hydrogen (secondary N) is 1. The number of rotatable bonds is 6. The fraction of sp³-hybridized carbons (Fsp3) is 0.219. The van der Waals surface area contributed by atoms with E-state index in [-0.39, 0.29) is 5.91 Å². The number of amides is 1. The largest absolute Gasteiger partial charge is 0.357 e. The Morgan fingerprint density at radius 1 is 0.974 bits per heavy atom. The third-order valence-electron chi connectivity index (χ3n) is 7.45. The molecule has 1 aliphatic heterocycles. The van der Waals surface area contributed by atoms with Crippen LogP contribution in [0.1, 0.15) is 46.1 Å². The average Bonchev–Trinajstić information content (AvgIpc) is 3.42. The molecule has 5 aromatic rings. The fourth-order valence-electron chi connectivity index (χ4n) is 5.18. The van der Waals surface area contributed by atoms with Gasteiger partial charge in [0.1, 0.15) is 11.6 Å². The Kier molecular flexibility index (Phi) is 7.03. The number of aryl methyl sites for hydroxylation is 1. The number of carbonyl (C=O) groups excluding carboxylic acids is 1. The number of benzene rings is 3. The highest BCUT2D eigenvalue weighted by Gasteiger charge is 2.24. The maximum Gasteiger partial charge on any atom is 0.258 e. The molecule has 0 bridgehead atoms. The molecule has 196 valence electrons. The molecule has 6 rings (SSSR count). The van der Waals surface area contributed by atoms with Crippen LogP contribution in [0.3, 0.4) is 0 Å². The van der Waals surface area contributed by atoms with Gasteiger partial charge >= 0.3 is 0 Å². The number of carbonyl (C=O) groups is 1. The first-order valence-corrected chi connectivity index (χ1v) is 13.7. The van der Waals surface area contributed by atoms with Crippen LogP contribution in [0, 0.1) is 6.92 Å². The maximum absolute atomic E-state index is 13.5. The number of halogens is 1. The highest BCUT2D eigenvalue weighted by molar-refractivity contribution is 6.30. The summed E-state index contributed by atoms with van der Waals surface area (Å²) in [5, 5.41) is 0.606. The van der Waals surface area contributed by atoms with Gasteiger partial charge in [0.05, 0.1) is 17.6 Å². The lowest BCUT2D eigenvalue weighted by molar-refractivity contribution is 0.0985. The zero-order valence-electron chi connectivity index (χ0n) is 21.8. The van der Waals surface area contributed by atoms with Crippen LogP contribution in [0.4, 0.5) is 11.5 Å². The molecule has 1 saturated heterocycles. The molecule has 1 N–H and O–H groups in total. The van der Waals surface area contributed by atoms with Crippen molar-refractivity contribution in [2.24, 2.45) is 0 Å². The number of aromatic nitrogens is 3. The Morgan fingerprint density at radius 2 is 1.72 bits per heavy atom. The predicted octanol–water partition coefficient (Wildman–Crippen LogP) is 7.15. The Labute approximate surface area is 233 Å². The number of aromatic amines is 1. The van der Waals surface area contributed by atoms with E-state index in [1.807, 2.05) is 49.5 Å². The van der Waals surface area contributed by atoms with Gasteiger partial charge in [0, 0.05) is 41.5 Å². The monoisotopic (exact) mass is 535 g/mol. The van der Waals surface area contributed by atoms with Gasteiger partial charge in [-0.25, -0.2) is 9.97 Å². The van der Waals surface area contributed by atoms with Crippen LogP contribution < -0.4 is 9.80 Å². The molecule has 6 nitrogen and oxygen atoms in total. The molecule has 3 heterocycles. The van der Waals surface area contributed by atoms with Crippen LogP contribution in [0.5, 0.6) is 0 Å². The predicted molar refractivity (Wildman–Crippen MR) is 158 cm³/mol. The van der Waals surface area contributed by atoms with Gasteiger partial charge in [-0.3, -0.25) is 4.79 Å². The van der Waals surface area contributed by atoms with Crippen molar-refractivity contribution < 1.29 is 4.79 Å². The second-order valence-corrected chi connectivity index (χ2v) is 10.6. The first-order valence-electron chi connectivity index (χ1n) is 13.3. The summed E-state index contributed by atoms with van der Waals surface area (Å²) < 4.78 is 0. The van der Waals surface area contributed by atoms with Gasteiger partial charge in [0.2, 0.25) is 0 Å². The SMILES string of the molecule is Cc1ccc(N(Cc2ccc(N3CCC(c4nc5ccccc5[nH]4)CC3)nc2)C(=O)c2ccc(Cl)cc2)cc1. The van der Waals surface area contributed by atoms with E-state index in [0.717, 1.165) is 65.4 Å². The van der Waals surface area contributed by atoms with Gasteiger partial charge in [0.15, 0.2) is 0 Å². The lowest BCUT2D eigenvalue weighted by Crippen LogP contribution is -2.34. The third-order valence-corrected chi connectivity index (χ3v) is 7.70. The molecule has 0 unspecified atom stereocenters. The van der Waals surface area contributed by atoms with E-state index in [0.29, 0.717) is 23.0 Å². The van der Waals surface area contributed by atoms with Crippen molar-refractivity contribution in [1.82, 2.24) is 15.0 Å². The van der Waals surface area contributed by atoms with Crippen molar-refractivity contribution in [2.75, 3.05) is 22.9 Å². The van der Waals surface area contributed by atoms with Gasteiger partial charge in [-0.2, -0.15) is 0 Å². The van der Waals surface area contributed by atoms with E-state index in [4.69, 9.17) is 21.6 Å². The number of hydrogen-bond acceptors (Lipinski definition) is 4. The number of fused-ring (bicyclic) bond motifs is 1. The summed E-state index contributed by atoms with van der Waals surface area (Å²) in [6, 6.07) is 27.4. The normalized spacial score (nSPS) is 14.1. The summed E-state index contributed by atoms with van der Waals surface area (Å²) in [5.41, 5.74) is 5.68. The molecule has 1 aliphatic rings. The number of pyridine rings is 1. The average molecular weight is 536 g/mol. The molecule has 0 saturated carbocycles. The maximum atomic E-state index is 13.5. The molecule has 1 amide bonds. The van der Waals surface area contributed by atoms with Crippen molar-refractivity contribution in [3.05, 3.63) is 119 Å². The number of hydrogen-bond donors (Lipinski definition) is 1. The number of piperidine rings is 1. The second kappa shape index (κ2) is 10.9. The van der Waals surface area contributed by atoms with Crippen LogP contribution >= 0.6 is 11.6 Å². The highest BCUT2D eigenvalue weighted by Crippen LogP contribution is 2.30. The lowest BCUT2D eigenvalue weighted by Gasteiger charge is -2.32. The summed E-state index contributed by atoms with van der Waals surface area (Å²) in [5.74, 6) is 2.40. The Bertz CT molecular complexity index is 1540. The molecule has 3 aromatic carbocycles. The number of anilines is 2. The van der Waals surface area contributed by atoms with Crippen LogP contribution in [0.25, 0.3) is 11.0 Å². The third kappa shape index (κ3) is 5.52. The standard InChI is InChI=1S/C32H30ClN5O/c1-22-6-13-27(14-7-22)38(32(39)25-9-11-26(33)12-10-25)21-23-8-15-30(34-20-23)37-18-16-24(17-19-37)31-35-28-4-2-3-5-29(28)36-31/h2-15,20,24H,16-19,21H2,1H3,(H,35,36). The Balaban J connectivity index is 1.15. The molecule has 0 aliphatic carbocycles. The molecular formula is C32H30ClN5O. The molecule has 7 heteroatoms. The summed E-state index contributed by atoms with van der Waals surface area (Å²) in [4.78, 5) is 30.7. The van der Waals surface area contributed by atoms with Crippen molar-refractivity contribution in [3.8, 4) is 0 Å². The summed E-state index contributed by atoms with van der Waals surface area (Å²) in [7, 11) is 0. The van der Waals surface area contributed by atoms with Crippen molar-refractivity contribution >= 4 is 40.0 Å². The lowest BCUT2D eigenvalue weighted by atomic mass is 9.96. The van der Waals surface area contributed by atoms with Crippen molar-refractivity contribution in [1.29, 1.82) is 0 Å². The molecule has 1 fully saturated rings. The van der Waals surface area contributed by atoms with Crippen LogP contribution in [0.15, 0.2) is 91.1 Å². The topological polar surface area (TPSA) is 65.1 Å². The van der Waals surface area contributed by atoms with Crippen LogP contribution in [-0.2, 0) is 6.54 Å². The van der Waals surface area contributed by atoms with Crippen LogP contribution in [-0.4, -0.2) is 33.9 Å². The number of imidazole rings is 1. The minimum absolute atomic E-state index is 0.0766. The van der Waals surface area contributed by atoms with Gasteiger partial charge in [0.25, 0.3) is 5.91 Å². The zero-order valence-corrected chi connectivity index (χ0v) is 22.6. The molecule has 2 aromatic heterocycles. The van der Waals surface area contributed by atoms with Gasteiger partial charge in [-0.05, 0) is 79.9 Å². The molecule has 39 heavy (non-hydrogen) atoms. The van der Waals surface area contributed by atoms with Gasteiger partial charge in [-0.1, -0.05) is 47.5 Å². The van der Waals surface area contributed by atoms with E-state index in [2.05, 4.69) is 34.1 Å². The fourth-order valence-corrected chi connectivity index (χ4v) is 5.31. The number of nitrogens with zero attached hydrogens (tertiary/aromatic N) is 4. The van der Waals surface area contributed by atoms with Crippen molar-refractivity contribution in [3.63, 3.8) is 0 Å². The second-order valence-electron chi connectivity index (χ2n) is 10.2. The first kappa shape index (κ1) is 25.1. The van der Waals surface area contributed by atoms with E-state index in [1.165, 1.54) is 0 Å². The van der Waals surface area contributed by atoms with Crippen molar-refractivity contribution in [2.45, 2.75) is 32.2 Å². The van der Waals surface area contributed by atoms with E-state index >= 15 is 0 Å². The van der Waals surface area contributed by atoms with Crippen LogP contribution in [0.2, 0.25) is 5.02 Å².